The third-order valence-electron chi connectivity index (χ3n) is 6.03. The highest BCUT2D eigenvalue weighted by atomic mass is 16.6. The minimum atomic E-state index is -0.488. The maximum atomic E-state index is 12.1. The highest BCUT2D eigenvalue weighted by Crippen LogP contribution is 2.44. The number of nitrogens with two attached hydrogens (primary N) is 1. The topological polar surface area (TPSA) is 128 Å². The summed E-state index contributed by atoms with van der Waals surface area (Å²) in [7, 11) is 0. The molecule has 1 aromatic carbocycles. The Morgan fingerprint density at radius 1 is 1.03 bits per heavy atom. The Bertz CT molecular complexity index is 1010. The monoisotopic (exact) mass is 401 g/mol. The number of nitro groups is 2. The van der Waals surface area contributed by atoms with E-state index in [-0.39, 0.29) is 28.1 Å². The maximum absolute atomic E-state index is 12.1. The van der Waals surface area contributed by atoms with Gasteiger partial charge in [-0.15, -0.1) is 0 Å². The molecule has 9 heteroatoms. The number of rotatable bonds is 3. The van der Waals surface area contributed by atoms with E-state index in [1.807, 2.05) is 9.88 Å². The van der Waals surface area contributed by atoms with Crippen molar-refractivity contribution in [3.63, 3.8) is 0 Å². The van der Waals surface area contributed by atoms with Gasteiger partial charge in [-0.3, -0.25) is 20.2 Å². The lowest BCUT2D eigenvalue weighted by molar-refractivity contribution is -0.610. The average molecular weight is 401 g/mol. The van der Waals surface area contributed by atoms with Gasteiger partial charge in [0.25, 0.3) is 5.69 Å². The molecule has 0 spiro atoms. The van der Waals surface area contributed by atoms with E-state index < -0.39 is 9.85 Å². The first kappa shape index (κ1) is 19.4. The maximum Gasteiger partial charge on any atom is 0.336 e. The number of hydrogen-bond donors (Lipinski definition) is 2. The predicted molar refractivity (Wildman–Crippen MR) is 107 cm³/mol. The summed E-state index contributed by atoms with van der Waals surface area (Å²) in [4.78, 5) is 23.3. The molecule has 1 saturated heterocycles. The van der Waals surface area contributed by atoms with Crippen molar-refractivity contribution in [2.45, 2.75) is 57.9 Å². The number of fused-ring (bicyclic) bond motifs is 3. The summed E-state index contributed by atoms with van der Waals surface area (Å²) in [6, 6.07) is 3.08. The fourth-order valence-corrected chi connectivity index (χ4v) is 4.75. The summed E-state index contributed by atoms with van der Waals surface area (Å²) < 4.78 is 1.92. The van der Waals surface area contributed by atoms with E-state index in [4.69, 9.17) is 0 Å². The summed E-state index contributed by atoms with van der Waals surface area (Å²) in [5.74, 6) is -0.279. The predicted octanol–water partition coefficient (Wildman–Crippen LogP) is 3.06. The van der Waals surface area contributed by atoms with Crippen molar-refractivity contribution in [2.75, 3.05) is 6.54 Å². The lowest BCUT2D eigenvalue weighted by Gasteiger charge is -2.09. The van der Waals surface area contributed by atoms with Crippen molar-refractivity contribution in [2.24, 2.45) is 0 Å². The molecule has 0 aliphatic carbocycles. The average Bonchev–Trinajstić information content (AvgIpc) is 2.90. The van der Waals surface area contributed by atoms with Gasteiger partial charge in [0.2, 0.25) is 0 Å². The molecule has 2 aliphatic rings. The van der Waals surface area contributed by atoms with Crippen LogP contribution in [0.4, 0.5) is 5.69 Å². The van der Waals surface area contributed by atoms with Gasteiger partial charge < -0.3 is 15.0 Å². The molecule has 0 saturated carbocycles. The van der Waals surface area contributed by atoms with Crippen molar-refractivity contribution >= 4 is 22.3 Å². The second-order valence-electron chi connectivity index (χ2n) is 7.80. The fraction of sp³-hybridized carbons (Fsp3) is 0.500. The van der Waals surface area contributed by atoms with Crippen LogP contribution >= 0.6 is 0 Å². The largest absolute Gasteiger partial charge is 0.507 e. The molecule has 0 amide bonds. The number of allylic oxidation sites excluding steroid dienone is 1. The van der Waals surface area contributed by atoms with Crippen LogP contribution in [0.15, 0.2) is 17.8 Å². The summed E-state index contributed by atoms with van der Waals surface area (Å²) in [6.07, 6.45) is 6.61. The number of nitrogens with zero attached hydrogens (tertiary/aromatic N) is 3. The normalized spacial score (nSPS) is 19.3. The Labute approximate surface area is 167 Å². The Morgan fingerprint density at radius 3 is 2.55 bits per heavy atom. The van der Waals surface area contributed by atoms with Gasteiger partial charge in [0.15, 0.2) is 5.70 Å². The highest BCUT2D eigenvalue weighted by molar-refractivity contribution is 6.01. The van der Waals surface area contributed by atoms with Crippen molar-refractivity contribution in [1.82, 2.24) is 4.57 Å². The molecular weight excluding hydrogens is 376 g/mol. The lowest BCUT2D eigenvalue weighted by Crippen LogP contribution is -2.82. The molecule has 9 nitrogen and oxygen atoms in total. The van der Waals surface area contributed by atoms with Crippen LogP contribution in [0.3, 0.4) is 0 Å². The first-order valence-electron chi connectivity index (χ1n) is 10.2. The van der Waals surface area contributed by atoms with Gasteiger partial charge in [-0.1, -0.05) is 6.42 Å². The molecule has 1 aromatic heterocycles. The lowest BCUT2D eigenvalue weighted by atomic mass is 10.0. The second kappa shape index (κ2) is 7.82. The number of phenols is 1. The first-order chi connectivity index (χ1) is 14.0. The molecular formula is C20H25N4O5+. The molecule has 0 bridgehead atoms. The minimum absolute atomic E-state index is 0.00655. The van der Waals surface area contributed by atoms with E-state index >= 15 is 0 Å². The molecule has 1 fully saturated rings. The molecule has 3 N–H and O–H groups in total. The van der Waals surface area contributed by atoms with Crippen LogP contribution in [0.5, 0.6) is 5.75 Å². The molecule has 4 rings (SSSR count). The minimum Gasteiger partial charge on any atom is -0.507 e. The van der Waals surface area contributed by atoms with Gasteiger partial charge in [0.05, 0.1) is 33.0 Å². The van der Waals surface area contributed by atoms with E-state index in [1.54, 1.807) is 6.07 Å². The van der Waals surface area contributed by atoms with Crippen LogP contribution in [0.2, 0.25) is 0 Å². The number of benzene rings is 1. The zero-order valence-corrected chi connectivity index (χ0v) is 16.2. The molecule has 3 heterocycles. The second-order valence-corrected chi connectivity index (χ2v) is 7.80. The standard InChI is InChI=1S/C20H24N4O5/c25-16-10-9-14-17(20(24(28)29)15-8-4-2-6-12-22(14)15)18(16)19(23(26)27)13-7-3-1-5-11-21-13/h9-10,21,25H,1-8,11-12H2/p+1/b19-13-. The van der Waals surface area contributed by atoms with E-state index in [2.05, 4.69) is 0 Å². The Kier molecular flexibility index (Phi) is 5.23. The molecule has 154 valence electrons. The number of aryl methyl sites for hydroxylation is 1. The van der Waals surface area contributed by atoms with Gasteiger partial charge in [0, 0.05) is 13.0 Å². The third-order valence-corrected chi connectivity index (χ3v) is 6.03. The van der Waals surface area contributed by atoms with E-state index in [0.717, 1.165) is 45.1 Å². The first-order valence-corrected chi connectivity index (χ1v) is 10.2. The van der Waals surface area contributed by atoms with E-state index in [9.17, 15) is 25.3 Å². The smallest absolute Gasteiger partial charge is 0.336 e. The Balaban J connectivity index is 2.08. The zero-order chi connectivity index (χ0) is 20.5. The Morgan fingerprint density at radius 2 is 1.79 bits per heavy atom. The van der Waals surface area contributed by atoms with Gasteiger partial charge in [-0.2, -0.15) is 0 Å². The van der Waals surface area contributed by atoms with Crippen molar-refractivity contribution in [3.05, 3.63) is 49.3 Å². The van der Waals surface area contributed by atoms with Crippen LogP contribution in [-0.2, 0) is 13.0 Å². The van der Waals surface area contributed by atoms with E-state index in [1.165, 1.54) is 6.07 Å². The number of aromatic hydroxyl groups is 1. The SMILES string of the molecule is O=[N+]([O-])/C(=C1/CCCCC[NH2+]1)c1c(O)ccc2c1c([N+](=O)[O-])c1n2CCCCC1. The molecule has 0 unspecified atom stereocenters. The van der Waals surface area contributed by atoms with Crippen molar-refractivity contribution < 1.29 is 20.3 Å². The number of quaternary nitrogens is 1. The molecule has 0 radical (unpaired) electrons. The molecule has 2 aromatic rings. The fourth-order valence-electron chi connectivity index (χ4n) is 4.75. The Hall–Kier alpha value is -2.94. The molecule has 29 heavy (non-hydrogen) atoms. The van der Waals surface area contributed by atoms with Crippen LogP contribution in [0, 0.1) is 20.2 Å². The van der Waals surface area contributed by atoms with Crippen molar-refractivity contribution in [3.8, 4) is 5.75 Å². The molecule has 0 atom stereocenters. The van der Waals surface area contributed by atoms with Gasteiger partial charge in [-0.05, 0) is 50.7 Å². The summed E-state index contributed by atoms with van der Waals surface area (Å²) >= 11 is 0. The summed E-state index contributed by atoms with van der Waals surface area (Å²) in [5.41, 5.74) is 1.46. The highest BCUT2D eigenvalue weighted by Gasteiger charge is 2.37. The van der Waals surface area contributed by atoms with Gasteiger partial charge in [-0.25, -0.2) is 0 Å². The number of hydrogen-bond acceptors (Lipinski definition) is 5. The van der Waals surface area contributed by atoms with Crippen LogP contribution in [0.1, 0.15) is 56.2 Å². The van der Waals surface area contributed by atoms with Crippen LogP contribution < -0.4 is 5.32 Å². The van der Waals surface area contributed by atoms with Crippen molar-refractivity contribution in [1.29, 1.82) is 0 Å². The third kappa shape index (κ3) is 3.35. The number of phenolic OH excluding ortho intramolecular Hbond substituents is 1. The summed E-state index contributed by atoms with van der Waals surface area (Å²) in [5, 5.41) is 36.9. The molecule has 2 aliphatic heterocycles. The van der Waals surface area contributed by atoms with Gasteiger partial charge in [0.1, 0.15) is 11.3 Å². The zero-order valence-electron chi connectivity index (χ0n) is 16.2. The van der Waals surface area contributed by atoms with Gasteiger partial charge >= 0.3 is 5.70 Å². The number of aromatic nitrogens is 1. The quantitative estimate of drug-likeness (QED) is 0.603. The van der Waals surface area contributed by atoms with Crippen LogP contribution in [0.25, 0.3) is 16.6 Å². The van der Waals surface area contributed by atoms with E-state index in [0.29, 0.717) is 36.3 Å². The van der Waals surface area contributed by atoms with Crippen LogP contribution in [-0.4, -0.2) is 26.1 Å². The summed E-state index contributed by atoms with van der Waals surface area (Å²) in [6.45, 7) is 1.37.